The minimum atomic E-state index is -1.74. The summed E-state index contributed by atoms with van der Waals surface area (Å²) in [6.07, 6.45) is -6.61. The second-order valence-corrected chi connectivity index (χ2v) is 13.0. The largest absolute Gasteiger partial charge is 0.432 e. The summed E-state index contributed by atoms with van der Waals surface area (Å²) in [7, 11) is 0. The predicted octanol–water partition coefficient (Wildman–Crippen LogP) is -1.59. The second-order valence-electron chi connectivity index (χ2n) is 13.0. The summed E-state index contributed by atoms with van der Waals surface area (Å²) in [5.41, 5.74) is -3.93. The van der Waals surface area contributed by atoms with E-state index in [4.69, 9.17) is 9.47 Å². The monoisotopic (exact) mass is 530 g/mol. The zero-order valence-electron chi connectivity index (χ0n) is 21.4. The molecule has 2 bridgehead atoms. The third-order valence-electron chi connectivity index (χ3n) is 11.2. The number of rotatable bonds is 4. The molecule has 5 aliphatic rings. The van der Waals surface area contributed by atoms with E-state index in [1.165, 1.54) is 0 Å². The Morgan fingerprint density at radius 2 is 1.68 bits per heavy atom. The summed E-state index contributed by atoms with van der Waals surface area (Å²) in [5.74, 6) is -1.72. The minimum Gasteiger partial charge on any atom is -0.432 e. The van der Waals surface area contributed by atoms with Gasteiger partial charge in [0.2, 0.25) is 6.29 Å². The van der Waals surface area contributed by atoms with Gasteiger partial charge in [-0.05, 0) is 62.7 Å². The van der Waals surface area contributed by atoms with Crippen LogP contribution in [0.15, 0.2) is 0 Å². The zero-order valence-corrected chi connectivity index (χ0v) is 21.4. The lowest BCUT2D eigenvalue weighted by molar-refractivity contribution is -0.302. The summed E-state index contributed by atoms with van der Waals surface area (Å²) in [5, 5.41) is 84.4. The molecule has 8 N–H and O–H groups in total. The molecule has 0 aromatic heterocycles. The normalized spacial score (nSPS) is 57.4. The average Bonchev–Trinajstić information content (AvgIpc) is 3.09. The van der Waals surface area contributed by atoms with E-state index in [1.54, 1.807) is 6.92 Å². The molecule has 212 valence electrons. The first-order valence-corrected chi connectivity index (χ1v) is 13.5. The van der Waals surface area contributed by atoms with Crippen LogP contribution < -0.4 is 0 Å². The van der Waals surface area contributed by atoms with Crippen LogP contribution in [0.25, 0.3) is 0 Å². The maximum absolute atomic E-state index is 13.7. The number of fused-ring (bicyclic) bond motifs is 3. The van der Waals surface area contributed by atoms with Crippen molar-refractivity contribution in [1.82, 2.24) is 0 Å². The van der Waals surface area contributed by atoms with Gasteiger partial charge < -0.3 is 50.3 Å². The number of esters is 1. The second kappa shape index (κ2) is 9.07. The average molecular weight is 531 g/mol. The Bertz CT molecular complexity index is 900. The Balaban J connectivity index is 1.45. The van der Waals surface area contributed by atoms with Crippen molar-refractivity contribution in [3.63, 3.8) is 0 Å². The van der Waals surface area contributed by atoms with E-state index in [1.807, 2.05) is 6.92 Å². The number of carbonyl (C=O) groups excluding carboxylic acids is 1. The number of aliphatic hydroxyl groups is 8. The molecule has 37 heavy (non-hydrogen) atoms. The first-order chi connectivity index (χ1) is 17.3. The Labute approximate surface area is 216 Å². The molecule has 0 aromatic rings. The van der Waals surface area contributed by atoms with Crippen LogP contribution in [-0.2, 0) is 14.3 Å². The molecule has 1 spiro atoms. The molecular formula is C26H42O11. The van der Waals surface area contributed by atoms with Crippen molar-refractivity contribution in [1.29, 1.82) is 0 Å². The number of hydrogen-bond acceptors (Lipinski definition) is 11. The Morgan fingerprint density at radius 3 is 2.32 bits per heavy atom. The zero-order chi connectivity index (χ0) is 27.1. The molecule has 1 saturated heterocycles. The van der Waals surface area contributed by atoms with E-state index in [9.17, 15) is 45.6 Å². The Morgan fingerprint density at radius 1 is 0.973 bits per heavy atom. The number of carbonyl (C=O) groups is 1. The van der Waals surface area contributed by atoms with Crippen LogP contribution in [0.5, 0.6) is 0 Å². The molecule has 11 nitrogen and oxygen atoms in total. The summed E-state index contributed by atoms with van der Waals surface area (Å²) < 4.78 is 11.0. The molecule has 5 fully saturated rings. The van der Waals surface area contributed by atoms with Gasteiger partial charge in [0.1, 0.15) is 24.4 Å². The quantitative estimate of drug-likeness (QED) is 0.195. The van der Waals surface area contributed by atoms with Gasteiger partial charge in [0.15, 0.2) is 0 Å². The van der Waals surface area contributed by atoms with Gasteiger partial charge in [0.25, 0.3) is 0 Å². The van der Waals surface area contributed by atoms with Gasteiger partial charge in [-0.3, -0.25) is 4.79 Å². The summed E-state index contributed by atoms with van der Waals surface area (Å²) in [4.78, 5) is 13.7. The lowest BCUT2D eigenvalue weighted by Crippen LogP contribution is -2.69. The maximum Gasteiger partial charge on any atom is 0.314 e. The predicted molar refractivity (Wildman–Crippen MR) is 125 cm³/mol. The fraction of sp³-hybridized carbons (Fsp3) is 0.962. The molecule has 14 unspecified atom stereocenters. The van der Waals surface area contributed by atoms with Crippen LogP contribution in [0.4, 0.5) is 0 Å². The molecule has 4 saturated carbocycles. The van der Waals surface area contributed by atoms with Crippen LogP contribution in [0, 0.1) is 34.0 Å². The van der Waals surface area contributed by atoms with Crippen LogP contribution in [0.1, 0.15) is 58.8 Å². The van der Waals surface area contributed by atoms with E-state index in [0.29, 0.717) is 38.5 Å². The molecule has 0 aromatic carbocycles. The highest BCUT2D eigenvalue weighted by Crippen LogP contribution is 2.73. The molecule has 0 amide bonds. The fourth-order valence-corrected chi connectivity index (χ4v) is 9.52. The third-order valence-corrected chi connectivity index (χ3v) is 11.2. The molecule has 0 radical (unpaired) electrons. The smallest absolute Gasteiger partial charge is 0.314 e. The van der Waals surface area contributed by atoms with Crippen LogP contribution >= 0.6 is 0 Å². The highest BCUT2D eigenvalue weighted by atomic mass is 16.7. The van der Waals surface area contributed by atoms with E-state index in [-0.39, 0.29) is 18.3 Å². The van der Waals surface area contributed by atoms with Gasteiger partial charge >= 0.3 is 5.97 Å². The summed E-state index contributed by atoms with van der Waals surface area (Å²) in [6.45, 7) is 2.65. The van der Waals surface area contributed by atoms with Gasteiger partial charge in [0, 0.05) is 11.3 Å². The van der Waals surface area contributed by atoms with Crippen molar-refractivity contribution >= 4 is 5.97 Å². The molecule has 1 aliphatic heterocycles. The van der Waals surface area contributed by atoms with Crippen molar-refractivity contribution in [3.05, 3.63) is 0 Å². The maximum atomic E-state index is 13.7. The number of ether oxygens (including phenoxy) is 2. The van der Waals surface area contributed by atoms with E-state index < -0.39 is 89.9 Å². The van der Waals surface area contributed by atoms with Crippen molar-refractivity contribution < 1.29 is 55.1 Å². The van der Waals surface area contributed by atoms with Crippen molar-refractivity contribution in [2.24, 2.45) is 34.0 Å². The third kappa shape index (κ3) is 3.69. The van der Waals surface area contributed by atoms with Gasteiger partial charge in [-0.15, -0.1) is 0 Å². The molecule has 1 heterocycles. The van der Waals surface area contributed by atoms with Crippen molar-refractivity contribution in [2.45, 2.75) is 107 Å². The van der Waals surface area contributed by atoms with E-state index in [0.717, 1.165) is 0 Å². The van der Waals surface area contributed by atoms with E-state index in [2.05, 4.69) is 0 Å². The summed E-state index contributed by atoms with van der Waals surface area (Å²) >= 11 is 0. The topological polar surface area (TPSA) is 197 Å². The first-order valence-electron chi connectivity index (χ1n) is 13.5. The van der Waals surface area contributed by atoms with Gasteiger partial charge in [-0.25, -0.2) is 0 Å². The lowest BCUT2D eigenvalue weighted by atomic mass is 9.39. The SMILES string of the molecule is CC1(C(=O)OC2OC(CO)C(O)C(O)C2O)CCCC2(C)C1C(O)C(O)C13CC(CCC21)C(O)(CO)C3. The van der Waals surface area contributed by atoms with Crippen LogP contribution in [0.2, 0.25) is 0 Å². The van der Waals surface area contributed by atoms with Crippen LogP contribution in [-0.4, -0.2) is 109 Å². The van der Waals surface area contributed by atoms with Crippen molar-refractivity contribution in [2.75, 3.05) is 13.2 Å². The molecule has 4 aliphatic carbocycles. The van der Waals surface area contributed by atoms with Crippen LogP contribution in [0.3, 0.4) is 0 Å². The molecule has 14 atom stereocenters. The van der Waals surface area contributed by atoms with Gasteiger partial charge in [0.05, 0.1) is 36.4 Å². The van der Waals surface area contributed by atoms with Gasteiger partial charge in [-0.1, -0.05) is 13.3 Å². The first kappa shape index (κ1) is 27.7. The Kier molecular flexibility index (Phi) is 6.78. The standard InChI is InChI=1S/C26H42O11/c1-23-6-3-7-24(2,22(34)37-21-17(31)16(30)15(29)13(9-27)36-21)19(23)18(32)20(33)25-8-12(4-5-14(23)25)26(35,10-25)11-28/h12-21,27-33,35H,3-11H2,1-2H3. The number of hydrogen-bond donors (Lipinski definition) is 8. The molecule has 11 heteroatoms. The molecule has 5 rings (SSSR count). The minimum absolute atomic E-state index is 0.0973. The Hall–Kier alpha value is -0.890. The van der Waals surface area contributed by atoms with Gasteiger partial charge in [-0.2, -0.15) is 0 Å². The van der Waals surface area contributed by atoms with E-state index >= 15 is 0 Å². The highest BCUT2D eigenvalue weighted by Gasteiger charge is 2.74. The fourth-order valence-electron chi connectivity index (χ4n) is 9.52. The summed E-state index contributed by atoms with van der Waals surface area (Å²) in [6, 6.07) is 0. The highest BCUT2D eigenvalue weighted by molar-refractivity contribution is 5.77. The number of aliphatic hydroxyl groups excluding tert-OH is 7. The molecular weight excluding hydrogens is 488 g/mol. The van der Waals surface area contributed by atoms with Crippen molar-refractivity contribution in [3.8, 4) is 0 Å². The lowest BCUT2D eigenvalue weighted by Gasteiger charge is -2.66.